The van der Waals surface area contributed by atoms with E-state index < -0.39 is 5.54 Å². The number of rotatable bonds is 7. The molecule has 2 aromatic carbocycles. The van der Waals surface area contributed by atoms with Gasteiger partial charge in [0, 0.05) is 30.4 Å². The van der Waals surface area contributed by atoms with Crippen molar-refractivity contribution in [3.63, 3.8) is 0 Å². The number of nitrogens with zero attached hydrogens (tertiary/aromatic N) is 2. The van der Waals surface area contributed by atoms with Crippen LogP contribution in [0.5, 0.6) is 0 Å². The highest BCUT2D eigenvalue weighted by atomic mass is 16.2. The van der Waals surface area contributed by atoms with E-state index in [0.717, 1.165) is 11.3 Å². The molecule has 1 fully saturated rings. The van der Waals surface area contributed by atoms with Gasteiger partial charge in [0.2, 0.25) is 0 Å². The third kappa shape index (κ3) is 4.68. The minimum Gasteiger partial charge on any atom is -0.324 e. The van der Waals surface area contributed by atoms with Crippen molar-refractivity contribution < 1.29 is 14.4 Å². The highest BCUT2D eigenvalue weighted by Crippen LogP contribution is 2.23. The number of carbonyl (C=O) groups excluding carboxylic acids is 3. The number of amides is 4. The molecule has 0 unspecified atom stereocenters. The summed E-state index contributed by atoms with van der Waals surface area (Å²) in [6.45, 7) is 6.31. The van der Waals surface area contributed by atoms with E-state index in [1.54, 1.807) is 26.0 Å². The zero-order valence-corrected chi connectivity index (χ0v) is 17.8. The number of hydrogen-bond acceptors (Lipinski definition) is 4. The molecule has 158 valence electrons. The highest BCUT2D eigenvalue weighted by molar-refractivity contribution is 6.06. The Balaban J connectivity index is 1.62. The summed E-state index contributed by atoms with van der Waals surface area (Å²) in [4.78, 5) is 40.1. The van der Waals surface area contributed by atoms with E-state index in [1.165, 1.54) is 4.90 Å². The Morgan fingerprint density at radius 2 is 1.83 bits per heavy atom. The van der Waals surface area contributed by atoms with E-state index in [0.29, 0.717) is 18.7 Å². The second kappa shape index (κ2) is 8.67. The first kappa shape index (κ1) is 21.5. The number of hydrogen-bond donors (Lipinski definition) is 2. The number of imide groups is 1. The summed E-state index contributed by atoms with van der Waals surface area (Å²) in [6.07, 6.45) is 0. The molecular formula is C23H28N4O3. The molecule has 7 heteroatoms. The summed E-state index contributed by atoms with van der Waals surface area (Å²) < 4.78 is 0. The van der Waals surface area contributed by atoms with Crippen LogP contribution >= 0.6 is 0 Å². The lowest BCUT2D eigenvalue weighted by molar-refractivity contribution is -0.130. The van der Waals surface area contributed by atoms with Crippen LogP contribution in [0.2, 0.25) is 0 Å². The smallest absolute Gasteiger partial charge is 0.324 e. The van der Waals surface area contributed by atoms with Crippen LogP contribution in [-0.4, -0.2) is 53.3 Å². The fourth-order valence-electron chi connectivity index (χ4n) is 3.40. The molecule has 1 heterocycles. The first-order valence-corrected chi connectivity index (χ1v) is 10.00. The van der Waals surface area contributed by atoms with Gasteiger partial charge in [0.05, 0.1) is 0 Å². The Labute approximate surface area is 177 Å². The molecule has 1 saturated heterocycles. The molecule has 0 bridgehead atoms. The number of benzene rings is 2. The van der Waals surface area contributed by atoms with Crippen molar-refractivity contribution in [2.24, 2.45) is 0 Å². The van der Waals surface area contributed by atoms with E-state index in [9.17, 15) is 14.4 Å². The van der Waals surface area contributed by atoms with Crippen LogP contribution in [0.15, 0.2) is 54.6 Å². The zero-order valence-electron chi connectivity index (χ0n) is 17.8. The largest absolute Gasteiger partial charge is 0.325 e. The maximum Gasteiger partial charge on any atom is 0.325 e. The predicted molar refractivity (Wildman–Crippen MR) is 116 cm³/mol. The van der Waals surface area contributed by atoms with Crippen LogP contribution in [0.3, 0.4) is 0 Å². The summed E-state index contributed by atoms with van der Waals surface area (Å²) in [5, 5.41) is 5.62. The Morgan fingerprint density at radius 1 is 1.13 bits per heavy atom. The quantitative estimate of drug-likeness (QED) is 0.689. The number of nitrogens with one attached hydrogen (secondary N) is 2. The average molecular weight is 409 g/mol. The van der Waals surface area contributed by atoms with Gasteiger partial charge in [0.1, 0.15) is 5.54 Å². The van der Waals surface area contributed by atoms with Gasteiger partial charge >= 0.3 is 6.03 Å². The molecule has 1 aliphatic heterocycles. The minimum atomic E-state index is -0.855. The topological polar surface area (TPSA) is 81.8 Å². The van der Waals surface area contributed by atoms with Crippen LogP contribution < -0.4 is 10.6 Å². The van der Waals surface area contributed by atoms with Gasteiger partial charge in [-0.1, -0.05) is 30.3 Å². The molecule has 2 N–H and O–H groups in total. The van der Waals surface area contributed by atoms with Crippen LogP contribution in [0.4, 0.5) is 10.5 Å². The molecule has 0 radical (unpaired) electrons. The molecule has 0 aromatic heterocycles. The standard InChI is InChI=1S/C23H28N4O3/c1-16(26(4)13-14-27-21(29)23(2,3)25-22(27)30)18-11-8-12-19(15-18)24-20(28)17-9-6-5-7-10-17/h5-12,15-16H,13-14H2,1-4H3,(H,24,28)(H,25,30)/t16-/m0/s1. The second-order valence-corrected chi connectivity index (χ2v) is 8.11. The van der Waals surface area contributed by atoms with Crippen molar-refractivity contribution in [2.75, 3.05) is 25.5 Å². The highest BCUT2D eigenvalue weighted by Gasteiger charge is 2.43. The average Bonchev–Trinajstić information content (AvgIpc) is 2.93. The lowest BCUT2D eigenvalue weighted by Crippen LogP contribution is -2.41. The van der Waals surface area contributed by atoms with Gasteiger partial charge in [0.15, 0.2) is 0 Å². The summed E-state index contributed by atoms with van der Waals surface area (Å²) >= 11 is 0. The molecule has 1 aliphatic rings. The summed E-state index contributed by atoms with van der Waals surface area (Å²) in [5.41, 5.74) is 1.50. The van der Waals surface area contributed by atoms with Crippen LogP contribution in [0.25, 0.3) is 0 Å². The number of carbonyl (C=O) groups is 3. The van der Waals surface area contributed by atoms with Crippen molar-refractivity contribution in [1.82, 2.24) is 15.1 Å². The second-order valence-electron chi connectivity index (χ2n) is 8.11. The lowest BCUT2D eigenvalue weighted by atomic mass is 10.1. The molecule has 7 nitrogen and oxygen atoms in total. The fourth-order valence-corrected chi connectivity index (χ4v) is 3.40. The molecule has 0 saturated carbocycles. The summed E-state index contributed by atoms with van der Waals surface area (Å²) in [7, 11) is 1.95. The Hall–Kier alpha value is -3.19. The third-order valence-electron chi connectivity index (χ3n) is 5.44. The van der Waals surface area contributed by atoms with Crippen molar-refractivity contribution in [3.05, 3.63) is 65.7 Å². The van der Waals surface area contributed by atoms with E-state index in [-0.39, 0.29) is 23.9 Å². The molecule has 2 aromatic rings. The first-order valence-electron chi connectivity index (χ1n) is 10.00. The minimum absolute atomic E-state index is 0.0346. The van der Waals surface area contributed by atoms with Gasteiger partial charge in [-0.2, -0.15) is 0 Å². The first-order chi connectivity index (χ1) is 14.2. The van der Waals surface area contributed by atoms with Crippen LogP contribution in [0, 0.1) is 0 Å². The summed E-state index contributed by atoms with van der Waals surface area (Å²) in [6, 6.07) is 16.4. The van der Waals surface area contributed by atoms with Crippen LogP contribution in [0.1, 0.15) is 42.7 Å². The monoisotopic (exact) mass is 408 g/mol. The van der Waals surface area contributed by atoms with Crippen molar-refractivity contribution in [2.45, 2.75) is 32.4 Å². The van der Waals surface area contributed by atoms with Gasteiger partial charge in [-0.3, -0.25) is 19.4 Å². The van der Waals surface area contributed by atoms with Gasteiger partial charge < -0.3 is 10.6 Å². The van der Waals surface area contributed by atoms with Crippen LogP contribution in [-0.2, 0) is 4.79 Å². The van der Waals surface area contributed by atoms with Gasteiger partial charge in [-0.05, 0) is 57.6 Å². The Morgan fingerprint density at radius 3 is 2.47 bits per heavy atom. The molecule has 4 amide bonds. The maximum absolute atomic E-state index is 12.4. The third-order valence-corrected chi connectivity index (χ3v) is 5.44. The van der Waals surface area contributed by atoms with Gasteiger partial charge in [-0.15, -0.1) is 0 Å². The van der Waals surface area contributed by atoms with Gasteiger partial charge in [-0.25, -0.2) is 4.79 Å². The number of likely N-dealkylation sites (N-methyl/N-ethyl adjacent to an activating group) is 1. The van der Waals surface area contributed by atoms with E-state index in [2.05, 4.69) is 15.5 Å². The molecular weight excluding hydrogens is 380 g/mol. The van der Waals surface area contributed by atoms with Crippen molar-refractivity contribution >= 4 is 23.5 Å². The van der Waals surface area contributed by atoms with Crippen molar-refractivity contribution in [3.8, 4) is 0 Å². The maximum atomic E-state index is 12.4. The molecule has 0 spiro atoms. The number of anilines is 1. The lowest BCUT2D eigenvalue weighted by Gasteiger charge is -2.27. The molecule has 1 atom stereocenters. The SMILES string of the molecule is C[C@@H](c1cccc(NC(=O)c2ccccc2)c1)N(C)CCN1C(=O)NC(C)(C)C1=O. The molecule has 3 rings (SSSR count). The normalized spacial score (nSPS) is 16.5. The Bertz CT molecular complexity index is 942. The van der Waals surface area contributed by atoms with E-state index in [1.807, 2.05) is 56.4 Å². The Kier molecular flexibility index (Phi) is 6.22. The fraction of sp³-hybridized carbons (Fsp3) is 0.348. The summed E-state index contributed by atoms with van der Waals surface area (Å²) in [5.74, 6) is -0.367. The predicted octanol–water partition coefficient (Wildman–Crippen LogP) is 3.26. The molecule has 0 aliphatic carbocycles. The van der Waals surface area contributed by atoms with Crippen molar-refractivity contribution in [1.29, 1.82) is 0 Å². The zero-order chi connectivity index (χ0) is 21.9. The molecule has 30 heavy (non-hydrogen) atoms. The number of urea groups is 1. The van der Waals surface area contributed by atoms with Gasteiger partial charge in [0.25, 0.3) is 11.8 Å². The van der Waals surface area contributed by atoms with E-state index >= 15 is 0 Å². The van der Waals surface area contributed by atoms with E-state index in [4.69, 9.17) is 0 Å².